The average molecular weight is 399 g/mol. The average Bonchev–Trinajstić information content (AvgIpc) is 2.56. The minimum Gasteiger partial charge on any atom is -0.349 e. The van der Waals surface area contributed by atoms with E-state index in [1.54, 1.807) is 36.4 Å². The lowest BCUT2D eigenvalue weighted by Crippen LogP contribution is -2.29. The molecule has 1 atom stereocenters. The van der Waals surface area contributed by atoms with E-state index in [2.05, 4.69) is 10.6 Å². The highest BCUT2D eigenvalue weighted by Gasteiger charge is 2.17. The number of thioether (sulfide) groups is 1. The number of amides is 2. The molecular weight excluding hydrogens is 382 g/mol. The van der Waals surface area contributed by atoms with Gasteiger partial charge in [0.15, 0.2) is 0 Å². The maximum Gasteiger partial charge on any atom is 0.288 e. The summed E-state index contributed by atoms with van der Waals surface area (Å²) in [5.74, 6) is -3.06. The van der Waals surface area contributed by atoms with Crippen LogP contribution in [-0.4, -0.2) is 17.6 Å². The number of benzene rings is 2. The zero-order valence-electron chi connectivity index (χ0n) is 13.8. The minimum atomic E-state index is -2.49. The summed E-state index contributed by atoms with van der Waals surface area (Å²) in [7, 11) is 0. The lowest BCUT2D eigenvalue weighted by molar-refractivity contribution is -0.120. The predicted molar refractivity (Wildman–Crippen MR) is 99.6 cm³/mol. The van der Waals surface area contributed by atoms with E-state index in [0.717, 1.165) is 5.56 Å². The molecule has 2 aromatic carbocycles. The molecule has 0 bridgehead atoms. The molecule has 0 heterocycles. The Bertz CT molecular complexity index is 755. The van der Waals surface area contributed by atoms with Crippen LogP contribution >= 0.6 is 23.4 Å². The fourth-order valence-electron chi connectivity index (χ4n) is 2.31. The molecule has 0 aliphatic rings. The molecule has 0 fully saturated rings. The van der Waals surface area contributed by atoms with Crippen molar-refractivity contribution in [1.29, 1.82) is 0 Å². The van der Waals surface area contributed by atoms with Crippen molar-refractivity contribution in [2.75, 3.05) is 5.32 Å². The number of hydrogen-bond donors (Lipinski definition) is 2. The third kappa shape index (κ3) is 6.65. The Kier molecular flexibility index (Phi) is 7.41. The van der Waals surface area contributed by atoms with Gasteiger partial charge in [-0.25, -0.2) is 0 Å². The van der Waals surface area contributed by atoms with Gasteiger partial charge in [0.05, 0.1) is 12.5 Å². The van der Waals surface area contributed by atoms with Crippen molar-refractivity contribution in [3.63, 3.8) is 0 Å². The summed E-state index contributed by atoms with van der Waals surface area (Å²) >= 11 is 6.30. The van der Waals surface area contributed by atoms with Crippen molar-refractivity contribution in [2.24, 2.45) is 0 Å². The Morgan fingerprint density at radius 3 is 2.23 bits per heavy atom. The van der Waals surface area contributed by atoms with Crippen molar-refractivity contribution in [2.45, 2.75) is 30.0 Å². The van der Waals surface area contributed by atoms with Gasteiger partial charge >= 0.3 is 0 Å². The van der Waals surface area contributed by atoms with E-state index in [0.29, 0.717) is 27.4 Å². The van der Waals surface area contributed by atoms with Gasteiger partial charge in [-0.3, -0.25) is 9.59 Å². The van der Waals surface area contributed by atoms with Crippen LogP contribution in [0.1, 0.15) is 24.9 Å². The van der Waals surface area contributed by atoms with Gasteiger partial charge in [-0.15, -0.1) is 0 Å². The molecule has 138 valence electrons. The Balaban J connectivity index is 2.02. The molecule has 0 aliphatic carbocycles. The number of nitrogens with one attached hydrogen (secondary N) is 2. The van der Waals surface area contributed by atoms with Gasteiger partial charge in [-0.2, -0.15) is 8.78 Å². The van der Waals surface area contributed by atoms with Crippen LogP contribution in [0.4, 0.5) is 14.5 Å². The molecule has 0 saturated heterocycles. The highest BCUT2D eigenvalue weighted by atomic mass is 35.5. The molecule has 4 nitrogen and oxygen atoms in total. The molecule has 0 aliphatic heterocycles. The second-order valence-electron chi connectivity index (χ2n) is 5.46. The molecule has 1 unspecified atom stereocenters. The summed E-state index contributed by atoms with van der Waals surface area (Å²) in [4.78, 5) is 24.1. The summed E-state index contributed by atoms with van der Waals surface area (Å²) in [6.07, 6.45) is 0.0226. The molecule has 0 spiro atoms. The van der Waals surface area contributed by atoms with Gasteiger partial charge in [0.1, 0.15) is 0 Å². The second-order valence-corrected chi connectivity index (χ2v) is 6.96. The van der Waals surface area contributed by atoms with Crippen LogP contribution < -0.4 is 10.6 Å². The van der Waals surface area contributed by atoms with Crippen LogP contribution in [0.25, 0.3) is 0 Å². The molecule has 2 amide bonds. The van der Waals surface area contributed by atoms with Crippen LogP contribution in [0.3, 0.4) is 0 Å². The zero-order valence-corrected chi connectivity index (χ0v) is 15.4. The van der Waals surface area contributed by atoms with Crippen molar-refractivity contribution in [3.8, 4) is 0 Å². The summed E-state index contributed by atoms with van der Waals surface area (Å²) in [6.45, 7) is 1.38. The van der Waals surface area contributed by atoms with Crippen LogP contribution in [0.15, 0.2) is 53.4 Å². The van der Waals surface area contributed by atoms with Gasteiger partial charge in [0.2, 0.25) is 11.8 Å². The third-order valence-electron chi connectivity index (χ3n) is 3.40. The van der Waals surface area contributed by atoms with Crippen LogP contribution in [-0.2, 0) is 9.59 Å². The van der Waals surface area contributed by atoms with Crippen molar-refractivity contribution < 1.29 is 18.4 Å². The summed E-state index contributed by atoms with van der Waals surface area (Å²) in [6, 6.07) is 12.5. The Morgan fingerprint density at radius 2 is 1.69 bits per heavy atom. The number of anilines is 1. The minimum absolute atomic E-state index is 0.0226. The van der Waals surface area contributed by atoms with Crippen LogP contribution in [0.2, 0.25) is 5.02 Å². The number of hydrogen-bond acceptors (Lipinski definition) is 3. The fourth-order valence-corrected chi connectivity index (χ4v) is 2.93. The van der Waals surface area contributed by atoms with Gasteiger partial charge < -0.3 is 10.6 Å². The molecule has 0 radical (unpaired) electrons. The molecule has 2 aromatic rings. The molecule has 26 heavy (non-hydrogen) atoms. The molecule has 0 saturated carbocycles. The van der Waals surface area contributed by atoms with E-state index in [-0.39, 0.29) is 18.2 Å². The maximum atomic E-state index is 12.3. The zero-order chi connectivity index (χ0) is 19.1. The van der Waals surface area contributed by atoms with E-state index in [1.165, 1.54) is 19.1 Å². The number of alkyl halides is 2. The number of halogens is 3. The quantitative estimate of drug-likeness (QED) is 0.655. The molecular formula is C18H17ClF2N2O2S. The van der Waals surface area contributed by atoms with Crippen molar-refractivity contribution in [1.82, 2.24) is 5.32 Å². The fraction of sp³-hybridized carbons (Fsp3) is 0.222. The normalized spacial score (nSPS) is 11.9. The highest BCUT2D eigenvalue weighted by Crippen LogP contribution is 2.26. The first-order valence-corrected chi connectivity index (χ1v) is 8.96. The molecule has 2 N–H and O–H groups in total. The van der Waals surface area contributed by atoms with E-state index < -0.39 is 11.8 Å². The number of carbonyl (C=O) groups excluding carboxylic acids is 2. The standard InChI is InChI=1S/C18H17ClF2N2O2S/c1-11(24)22-16(12-2-4-13(19)5-3-12)10-17(25)23-14-6-8-15(9-7-14)26-18(20)21/h2-9,16,18H,10H2,1H3,(H,22,24)(H,23,25). The first kappa shape index (κ1) is 20.2. The van der Waals surface area contributed by atoms with Crippen LogP contribution in [0, 0.1) is 0 Å². The lowest BCUT2D eigenvalue weighted by Gasteiger charge is -2.18. The topological polar surface area (TPSA) is 58.2 Å². The lowest BCUT2D eigenvalue weighted by atomic mass is 10.0. The Morgan fingerprint density at radius 1 is 1.08 bits per heavy atom. The molecule has 8 heteroatoms. The van der Waals surface area contributed by atoms with E-state index >= 15 is 0 Å². The third-order valence-corrected chi connectivity index (χ3v) is 4.38. The number of rotatable bonds is 7. The molecule has 0 aromatic heterocycles. The largest absolute Gasteiger partial charge is 0.349 e. The Labute approximate surface area is 159 Å². The van der Waals surface area contributed by atoms with Crippen molar-refractivity contribution in [3.05, 3.63) is 59.1 Å². The van der Waals surface area contributed by atoms with E-state index in [4.69, 9.17) is 11.6 Å². The molecule has 2 rings (SSSR count). The van der Waals surface area contributed by atoms with Crippen molar-refractivity contribution >= 4 is 40.9 Å². The summed E-state index contributed by atoms with van der Waals surface area (Å²) in [5.41, 5.74) is 1.25. The second kappa shape index (κ2) is 9.54. The first-order chi connectivity index (χ1) is 12.3. The highest BCUT2D eigenvalue weighted by molar-refractivity contribution is 7.99. The first-order valence-electron chi connectivity index (χ1n) is 7.71. The number of carbonyl (C=O) groups is 2. The summed E-state index contributed by atoms with van der Waals surface area (Å²) < 4.78 is 24.6. The predicted octanol–water partition coefficient (Wildman–Crippen LogP) is 4.86. The van der Waals surface area contributed by atoms with Gasteiger partial charge in [-0.1, -0.05) is 35.5 Å². The smallest absolute Gasteiger partial charge is 0.288 e. The van der Waals surface area contributed by atoms with Crippen LogP contribution in [0.5, 0.6) is 0 Å². The summed E-state index contributed by atoms with van der Waals surface area (Å²) in [5, 5.41) is 5.98. The van der Waals surface area contributed by atoms with E-state index in [9.17, 15) is 18.4 Å². The monoisotopic (exact) mass is 398 g/mol. The van der Waals surface area contributed by atoms with Gasteiger partial charge in [0, 0.05) is 22.5 Å². The van der Waals surface area contributed by atoms with Gasteiger partial charge in [-0.05, 0) is 42.0 Å². The SMILES string of the molecule is CC(=O)NC(CC(=O)Nc1ccc(SC(F)F)cc1)c1ccc(Cl)cc1. The Hall–Kier alpha value is -2.12. The van der Waals surface area contributed by atoms with E-state index in [1.807, 2.05) is 0 Å². The van der Waals surface area contributed by atoms with Gasteiger partial charge in [0.25, 0.3) is 5.76 Å². The maximum absolute atomic E-state index is 12.3.